The van der Waals surface area contributed by atoms with E-state index >= 15 is 0 Å². The Kier molecular flexibility index (Phi) is 4.42. The first-order valence-electron chi connectivity index (χ1n) is 8.67. The molecule has 7 nitrogen and oxygen atoms in total. The smallest absolute Gasteiger partial charge is 0.152 e. The number of aryl methyl sites for hydroxylation is 1. The summed E-state index contributed by atoms with van der Waals surface area (Å²) in [6.07, 6.45) is 6.88. The third-order valence-electron chi connectivity index (χ3n) is 4.92. The van der Waals surface area contributed by atoms with Gasteiger partial charge in [0.25, 0.3) is 0 Å². The van der Waals surface area contributed by atoms with Gasteiger partial charge in [0.2, 0.25) is 0 Å². The summed E-state index contributed by atoms with van der Waals surface area (Å²) in [5, 5.41) is 17.6. The predicted molar refractivity (Wildman–Crippen MR) is 92.5 cm³/mol. The number of aliphatic hydroxyl groups excluding tert-OH is 1. The molecule has 0 unspecified atom stereocenters. The Balaban J connectivity index is 1.41. The average molecular weight is 341 g/mol. The number of nitrogens with zero attached hydrogens (tertiary/aromatic N) is 4. The monoisotopic (exact) mass is 341 g/mol. The zero-order chi connectivity index (χ0) is 17.2. The molecule has 1 aliphatic heterocycles. The van der Waals surface area contributed by atoms with E-state index in [0.29, 0.717) is 0 Å². The van der Waals surface area contributed by atoms with Gasteiger partial charge < -0.3 is 14.1 Å². The summed E-state index contributed by atoms with van der Waals surface area (Å²) in [7, 11) is 1.92. The molecule has 2 atom stereocenters. The molecule has 1 aliphatic rings. The maximum Gasteiger partial charge on any atom is 0.152 e. The predicted octanol–water partition coefficient (Wildman–Crippen LogP) is 2.35. The molecule has 3 aromatic heterocycles. The van der Waals surface area contributed by atoms with E-state index in [0.717, 1.165) is 55.5 Å². The van der Waals surface area contributed by atoms with E-state index in [1.165, 1.54) is 0 Å². The van der Waals surface area contributed by atoms with Crippen molar-refractivity contribution in [2.75, 3.05) is 13.1 Å². The summed E-state index contributed by atoms with van der Waals surface area (Å²) in [6, 6.07) is 5.87. The first-order chi connectivity index (χ1) is 12.2. The molecule has 25 heavy (non-hydrogen) atoms. The number of aromatic amines is 1. The first-order valence-corrected chi connectivity index (χ1v) is 8.67. The normalized spacial score (nSPS) is 20.0. The number of H-pyrrole nitrogens is 1. The maximum absolute atomic E-state index is 10.7. The lowest BCUT2D eigenvalue weighted by Crippen LogP contribution is -2.37. The highest BCUT2D eigenvalue weighted by Gasteiger charge is 2.29. The van der Waals surface area contributed by atoms with Gasteiger partial charge in [-0.2, -0.15) is 5.10 Å². The van der Waals surface area contributed by atoms with Gasteiger partial charge in [-0.15, -0.1) is 0 Å². The van der Waals surface area contributed by atoms with Crippen LogP contribution in [0.25, 0.3) is 11.5 Å². The average Bonchev–Trinajstić information content (AvgIpc) is 3.35. The molecular formula is C18H23N5O2. The lowest BCUT2D eigenvalue weighted by molar-refractivity contribution is 0.0384. The Labute approximate surface area is 146 Å². The minimum Gasteiger partial charge on any atom is -0.458 e. The molecule has 4 heterocycles. The van der Waals surface area contributed by atoms with Crippen LogP contribution in [0.15, 0.2) is 41.2 Å². The number of piperidine rings is 1. The molecule has 0 amide bonds. The number of rotatable bonds is 5. The summed E-state index contributed by atoms with van der Waals surface area (Å²) in [6.45, 7) is 2.61. The van der Waals surface area contributed by atoms with Crippen molar-refractivity contribution in [1.29, 1.82) is 0 Å². The summed E-state index contributed by atoms with van der Waals surface area (Å²) in [5.41, 5.74) is 0.882. The largest absolute Gasteiger partial charge is 0.458 e. The van der Waals surface area contributed by atoms with Gasteiger partial charge in [0.05, 0.1) is 6.54 Å². The highest BCUT2D eigenvalue weighted by Crippen LogP contribution is 2.30. The molecule has 7 heteroatoms. The Morgan fingerprint density at radius 1 is 1.36 bits per heavy atom. The number of aromatic nitrogens is 4. The molecule has 0 bridgehead atoms. The number of aliphatic hydroxyl groups is 1. The second-order valence-electron chi connectivity index (χ2n) is 6.71. The minimum absolute atomic E-state index is 0.192. The SMILES string of the molecule is Cn1ccnc1[C@H](O)[C@@H]1CCCN(Cc2ccc(-c3ccn[nH]3)o2)C1. The van der Waals surface area contributed by atoms with Crippen molar-refractivity contribution < 1.29 is 9.52 Å². The first kappa shape index (κ1) is 16.1. The Bertz CT molecular complexity index is 807. The van der Waals surface area contributed by atoms with Crippen LogP contribution < -0.4 is 0 Å². The van der Waals surface area contributed by atoms with Crippen molar-refractivity contribution in [2.24, 2.45) is 13.0 Å². The second-order valence-corrected chi connectivity index (χ2v) is 6.71. The van der Waals surface area contributed by atoms with E-state index in [1.54, 1.807) is 12.4 Å². The van der Waals surface area contributed by atoms with Crippen molar-refractivity contribution in [1.82, 2.24) is 24.6 Å². The highest BCUT2D eigenvalue weighted by atomic mass is 16.3. The van der Waals surface area contributed by atoms with Crippen LogP contribution >= 0.6 is 0 Å². The summed E-state index contributed by atoms with van der Waals surface area (Å²) < 4.78 is 7.82. The zero-order valence-electron chi connectivity index (χ0n) is 14.3. The highest BCUT2D eigenvalue weighted by molar-refractivity contribution is 5.51. The summed E-state index contributed by atoms with van der Waals surface area (Å²) in [5.74, 6) is 2.66. The Morgan fingerprint density at radius 3 is 3.04 bits per heavy atom. The van der Waals surface area contributed by atoms with E-state index in [1.807, 2.05) is 36.0 Å². The summed E-state index contributed by atoms with van der Waals surface area (Å²) in [4.78, 5) is 6.64. The van der Waals surface area contributed by atoms with Crippen molar-refractivity contribution in [2.45, 2.75) is 25.5 Å². The van der Waals surface area contributed by atoms with Crippen LogP contribution in [0.5, 0.6) is 0 Å². The zero-order valence-corrected chi connectivity index (χ0v) is 14.3. The molecule has 4 rings (SSSR count). The van der Waals surface area contributed by atoms with Crippen LogP contribution in [-0.2, 0) is 13.6 Å². The fourth-order valence-electron chi connectivity index (χ4n) is 3.59. The van der Waals surface area contributed by atoms with Crippen molar-refractivity contribution in [3.8, 4) is 11.5 Å². The van der Waals surface area contributed by atoms with Gasteiger partial charge in [0.15, 0.2) is 5.76 Å². The Hall–Kier alpha value is -2.38. The van der Waals surface area contributed by atoms with Crippen LogP contribution in [0.4, 0.5) is 0 Å². The van der Waals surface area contributed by atoms with Gasteiger partial charge in [-0.25, -0.2) is 4.98 Å². The fourth-order valence-corrected chi connectivity index (χ4v) is 3.59. The van der Waals surface area contributed by atoms with E-state index in [-0.39, 0.29) is 5.92 Å². The molecule has 0 aliphatic carbocycles. The molecule has 0 spiro atoms. The van der Waals surface area contributed by atoms with Gasteiger partial charge in [0, 0.05) is 38.1 Å². The molecule has 1 fully saturated rings. The lowest BCUT2D eigenvalue weighted by atomic mass is 9.92. The third-order valence-corrected chi connectivity index (χ3v) is 4.92. The third kappa shape index (κ3) is 3.38. The molecule has 3 aromatic rings. The number of hydrogen-bond acceptors (Lipinski definition) is 5. The minimum atomic E-state index is -0.528. The van der Waals surface area contributed by atoms with E-state index in [9.17, 15) is 5.11 Å². The molecule has 0 radical (unpaired) electrons. The van der Waals surface area contributed by atoms with Crippen molar-refractivity contribution in [3.63, 3.8) is 0 Å². The van der Waals surface area contributed by atoms with Crippen molar-refractivity contribution >= 4 is 0 Å². The quantitative estimate of drug-likeness (QED) is 0.744. The van der Waals surface area contributed by atoms with Crippen LogP contribution in [0.1, 0.15) is 30.5 Å². The molecule has 2 N–H and O–H groups in total. The van der Waals surface area contributed by atoms with Crippen LogP contribution in [0, 0.1) is 5.92 Å². The standard InChI is InChI=1S/C18H23N5O2/c1-22-10-8-19-18(22)17(24)13-3-2-9-23(11-13)12-14-4-5-16(25-14)15-6-7-20-21-15/h4-8,10,13,17,24H,2-3,9,11-12H2,1H3,(H,20,21)/t13-,17-/m1/s1. The number of likely N-dealkylation sites (tertiary alicyclic amines) is 1. The van der Waals surface area contributed by atoms with Gasteiger partial charge in [0.1, 0.15) is 23.4 Å². The van der Waals surface area contributed by atoms with Crippen LogP contribution in [0.3, 0.4) is 0 Å². The van der Waals surface area contributed by atoms with Crippen LogP contribution in [-0.4, -0.2) is 42.8 Å². The number of nitrogens with one attached hydrogen (secondary N) is 1. The lowest BCUT2D eigenvalue weighted by Gasteiger charge is -2.34. The molecule has 0 saturated carbocycles. The van der Waals surface area contributed by atoms with Crippen molar-refractivity contribution in [3.05, 3.63) is 48.4 Å². The topological polar surface area (TPSA) is 83.1 Å². The van der Waals surface area contributed by atoms with E-state index < -0.39 is 6.10 Å². The van der Waals surface area contributed by atoms with Gasteiger partial charge >= 0.3 is 0 Å². The van der Waals surface area contributed by atoms with Gasteiger partial charge in [-0.05, 0) is 37.6 Å². The second kappa shape index (κ2) is 6.85. The number of imidazole rings is 1. The van der Waals surface area contributed by atoms with Gasteiger partial charge in [-0.1, -0.05) is 0 Å². The van der Waals surface area contributed by atoms with Gasteiger partial charge in [-0.3, -0.25) is 10.00 Å². The Morgan fingerprint density at radius 2 is 2.28 bits per heavy atom. The molecular weight excluding hydrogens is 318 g/mol. The number of hydrogen-bond donors (Lipinski definition) is 2. The fraction of sp³-hybridized carbons (Fsp3) is 0.444. The maximum atomic E-state index is 10.7. The molecule has 0 aromatic carbocycles. The van der Waals surface area contributed by atoms with E-state index in [2.05, 4.69) is 20.1 Å². The molecule has 1 saturated heterocycles. The van der Waals surface area contributed by atoms with Crippen LogP contribution in [0.2, 0.25) is 0 Å². The number of furan rings is 1. The summed E-state index contributed by atoms with van der Waals surface area (Å²) >= 11 is 0. The molecule has 132 valence electrons. The van der Waals surface area contributed by atoms with E-state index in [4.69, 9.17) is 4.42 Å².